The summed E-state index contributed by atoms with van der Waals surface area (Å²) >= 11 is 0. The largest absolute Gasteiger partial charge is 0.493 e. The van der Waals surface area contributed by atoms with Crippen LogP contribution in [-0.4, -0.2) is 20.1 Å². The summed E-state index contributed by atoms with van der Waals surface area (Å²) in [6.07, 6.45) is -4.43. The Hall–Kier alpha value is -2.70. The summed E-state index contributed by atoms with van der Waals surface area (Å²) in [6, 6.07) is 7.88. The second-order valence-corrected chi connectivity index (χ2v) is 5.44. The van der Waals surface area contributed by atoms with Gasteiger partial charge in [0, 0.05) is 11.8 Å². The Kier molecular flexibility index (Phi) is 5.56. The van der Waals surface area contributed by atoms with E-state index in [0.717, 1.165) is 17.7 Å². The molecule has 0 bridgehead atoms. The van der Waals surface area contributed by atoms with Crippen molar-refractivity contribution in [3.05, 3.63) is 53.1 Å². The van der Waals surface area contributed by atoms with Gasteiger partial charge in [-0.3, -0.25) is 4.79 Å². The lowest BCUT2D eigenvalue weighted by Gasteiger charge is -2.14. The van der Waals surface area contributed by atoms with Gasteiger partial charge >= 0.3 is 6.18 Å². The number of rotatable bonds is 5. The van der Waals surface area contributed by atoms with E-state index in [9.17, 15) is 18.0 Å². The second kappa shape index (κ2) is 7.46. The number of halogens is 3. The third-order valence-corrected chi connectivity index (χ3v) is 3.65. The molecule has 2 rings (SSSR count). The van der Waals surface area contributed by atoms with Crippen LogP contribution < -0.4 is 14.8 Å². The zero-order chi connectivity index (χ0) is 18.6. The summed E-state index contributed by atoms with van der Waals surface area (Å²) in [5, 5.41) is 2.73. The molecule has 0 atom stereocenters. The molecule has 1 N–H and O–H groups in total. The van der Waals surface area contributed by atoms with Crippen molar-refractivity contribution in [2.24, 2.45) is 0 Å². The van der Waals surface area contributed by atoms with Gasteiger partial charge in [0.1, 0.15) is 0 Å². The Morgan fingerprint density at radius 1 is 1.04 bits per heavy atom. The molecule has 1 amide bonds. The van der Waals surface area contributed by atoms with Crippen LogP contribution >= 0.6 is 0 Å². The van der Waals surface area contributed by atoms with Crippen LogP contribution in [0.1, 0.15) is 16.7 Å². The van der Waals surface area contributed by atoms with Crippen molar-refractivity contribution in [3.8, 4) is 11.5 Å². The second-order valence-electron chi connectivity index (χ2n) is 5.44. The number of methoxy groups -OCH3 is 2. The summed E-state index contributed by atoms with van der Waals surface area (Å²) in [5.41, 5.74) is 1.07. The number of alkyl halides is 3. The minimum Gasteiger partial charge on any atom is -0.493 e. The number of ether oxygens (including phenoxy) is 2. The van der Waals surface area contributed by atoms with Gasteiger partial charge in [-0.05, 0) is 36.2 Å². The third kappa shape index (κ3) is 4.65. The molecule has 0 saturated heterocycles. The highest BCUT2D eigenvalue weighted by Gasteiger charge is 2.29. The number of anilines is 1. The monoisotopic (exact) mass is 353 g/mol. The maximum atomic E-state index is 12.5. The lowest BCUT2D eigenvalue weighted by Crippen LogP contribution is -2.15. The Bertz CT molecular complexity index is 755. The molecule has 0 heterocycles. The van der Waals surface area contributed by atoms with Gasteiger partial charge in [-0.25, -0.2) is 0 Å². The number of hydrogen-bond donors (Lipinski definition) is 1. The highest BCUT2D eigenvalue weighted by molar-refractivity contribution is 5.93. The summed E-state index contributed by atoms with van der Waals surface area (Å²) in [7, 11) is 3.00. The number of carbonyl (C=O) groups excluding carboxylic acids is 1. The molecule has 4 nitrogen and oxygen atoms in total. The molecule has 2 aromatic carbocycles. The van der Waals surface area contributed by atoms with Gasteiger partial charge in [0.2, 0.25) is 5.91 Å². The van der Waals surface area contributed by atoms with Crippen LogP contribution in [0.5, 0.6) is 11.5 Å². The number of hydrogen-bond acceptors (Lipinski definition) is 3. The molecule has 0 fully saturated rings. The highest BCUT2D eigenvalue weighted by atomic mass is 19.4. The predicted molar refractivity (Wildman–Crippen MR) is 88.1 cm³/mol. The molecule has 134 valence electrons. The first-order chi connectivity index (χ1) is 11.7. The maximum Gasteiger partial charge on any atom is 0.416 e. The minimum atomic E-state index is -4.39. The molecule has 0 aromatic heterocycles. The van der Waals surface area contributed by atoms with E-state index < -0.39 is 11.7 Å². The van der Waals surface area contributed by atoms with Crippen molar-refractivity contribution < 1.29 is 27.4 Å². The smallest absolute Gasteiger partial charge is 0.416 e. The number of aryl methyl sites for hydroxylation is 1. The molecule has 0 aliphatic heterocycles. The number of carbonyl (C=O) groups is 1. The lowest BCUT2D eigenvalue weighted by atomic mass is 10.1. The normalized spacial score (nSPS) is 11.1. The first kappa shape index (κ1) is 18.6. The van der Waals surface area contributed by atoms with Crippen LogP contribution in [0, 0.1) is 6.92 Å². The summed E-state index contributed by atoms with van der Waals surface area (Å²) in [6.45, 7) is 1.80. The van der Waals surface area contributed by atoms with Crippen molar-refractivity contribution in [1.82, 2.24) is 0 Å². The van der Waals surface area contributed by atoms with Crippen molar-refractivity contribution in [2.75, 3.05) is 19.5 Å². The van der Waals surface area contributed by atoms with Gasteiger partial charge < -0.3 is 14.8 Å². The first-order valence-electron chi connectivity index (χ1n) is 7.43. The molecule has 0 radical (unpaired) electrons. The Morgan fingerprint density at radius 2 is 1.60 bits per heavy atom. The van der Waals surface area contributed by atoms with Crippen LogP contribution in [0.15, 0.2) is 36.4 Å². The molecule has 0 unspecified atom stereocenters. The van der Waals surface area contributed by atoms with E-state index in [1.165, 1.54) is 26.4 Å². The van der Waals surface area contributed by atoms with Gasteiger partial charge in [-0.1, -0.05) is 12.1 Å². The van der Waals surface area contributed by atoms with Gasteiger partial charge in [0.05, 0.1) is 26.2 Å². The van der Waals surface area contributed by atoms with E-state index >= 15 is 0 Å². The van der Waals surface area contributed by atoms with Crippen molar-refractivity contribution in [3.63, 3.8) is 0 Å². The topological polar surface area (TPSA) is 47.6 Å². The fourth-order valence-corrected chi connectivity index (χ4v) is 2.31. The zero-order valence-electron chi connectivity index (χ0n) is 14.0. The molecule has 25 heavy (non-hydrogen) atoms. The molecule has 0 spiro atoms. The van der Waals surface area contributed by atoms with Crippen molar-refractivity contribution in [2.45, 2.75) is 19.5 Å². The maximum absolute atomic E-state index is 12.5. The average molecular weight is 353 g/mol. The molecule has 2 aromatic rings. The Labute approximate surface area is 143 Å². The van der Waals surface area contributed by atoms with Crippen LogP contribution in [-0.2, 0) is 17.4 Å². The molecule has 0 aliphatic rings. The van der Waals surface area contributed by atoms with Crippen LogP contribution in [0.2, 0.25) is 0 Å². The Morgan fingerprint density at radius 3 is 2.12 bits per heavy atom. The van der Waals surface area contributed by atoms with Crippen LogP contribution in [0.3, 0.4) is 0 Å². The van der Waals surface area contributed by atoms with Crippen LogP contribution in [0.25, 0.3) is 0 Å². The molecular weight excluding hydrogens is 335 g/mol. The van der Waals surface area contributed by atoms with Gasteiger partial charge in [0.15, 0.2) is 11.5 Å². The number of nitrogens with one attached hydrogen (secondary N) is 1. The highest BCUT2D eigenvalue weighted by Crippen LogP contribution is 2.33. The third-order valence-electron chi connectivity index (χ3n) is 3.65. The SMILES string of the molecule is COc1cc(C)c(NC(=O)Cc2ccc(C(F)(F)F)cc2)cc1OC. The first-order valence-corrected chi connectivity index (χ1v) is 7.43. The van der Waals surface area contributed by atoms with Gasteiger partial charge in [-0.15, -0.1) is 0 Å². The quantitative estimate of drug-likeness (QED) is 0.876. The summed E-state index contributed by atoms with van der Waals surface area (Å²) < 4.78 is 48.0. The van der Waals surface area contributed by atoms with E-state index in [1.807, 2.05) is 0 Å². The van der Waals surface area contributed by atoms with E-state index in [4.69, 9.17) is 9.47 Å². The standard InChI is InChI=1S/C18H18F3NO3/c1-11-8-15(24-2)16(25-3)10-14(11)22-17(23)9-12-4-6-13(7-5-12)18(19,20)21/h4-8,10H,9H2,1-3H3,(H,22,23). The van der Waals surface area contributed by atoms with Crippen molar-refractivity contribution in [1.29, 1.82) is 0 Å². The fourth-order valence-electron chi connectivity index (χ4n) is 2.31. The number of benzene rings is 2. The van der Waals surface area contributed by atoms with E-state index in [0.29, 0.717) is 22.7 Å². The predicted octanol–water partition coefficient (Wildman–Crippen LogP) is 4.21. The molecule has 7 heteroatoms. The van der Waals surface area contributed by atoms with E-state index in [1.54, 1.807) is 19.1 Å². The lowest BCUT2D eigenvalue weighted by molar-refractivity contribution is -0.137. The minimum absolute atomic E-state index is 0.0358. The molecule has 0 aliphatic carbocycles. The van der Waals surface area contributed by atoms with E-state index in [2.05, 4.69) is 5.32 Å². The van der Waals surface area contributed by atoms with Crippen molar-refractivity contribution >= 4 is 11.6 Å². The number of amides is 1. The van der Waals surface area contributed by atoms with Gasteiger partial charge in [-0.2, -0.15) is 13.2 Å². The van der Waals surface area contributed by atoms with Gasteiger partial charge in [0.25, 0.3) is 0 Å². The fraction of sp³-hybridized carbons (Fsp3) is 0.278. The zero-order valence-corrected chi connectivity index (χ0v) is 14.0. The molecular formula is C18H18F3NO3. The van der Waals surface area contributed by atoms with E-state index in [-0.39, 0.29) is 12.3 Å². The summed E-state index contributed by atoms with van der Waals surface area (Å²) in [4.78, 5) is 12.2. The molecule has 0 saturated carbocycles. The average Bonchev–Trinajstić information content (AvgIpc) is 2.55. The van der Waals surface area contributed by atoms with Crippen LogP contribution in [0.4, 0.5) is 18.9 Å². The summed E-state index contributed by atoms with van der Waals surface area (Å²) in [5.74, 6) is 0.675. The Balaban J connectivity index is 2.10.